The van der Waals surface area contributed by atoms with Crippen molar-refractivity contribution in [3.8, 4) is 11.6 Å². The van der Waals surface area contributed by atoms with Crippen LogP contribution in [0.1, 0.15) is 11.3 Å². The number of pyridine rings is 2. The maximum Gasteiger partial charge on any atom is 0.317 e. The number of carbonyl (C=O) groups excluding carboxylic acids is 1. The fourth-order valence-electron chi connectivity index (χ4n) is 2.40. The second-order valence-corrected chi connectivity index (χ2v) is 5.86. The van der Waals surface area contributed by atoms with E-state index in [1.54, 1.807) is 43.7 Å². The zero-order valence-electron chi connectivity index (χ0n) is 14.8. The van der Waals surface area contributed by atoms with Gasteiger partial charge in [-0.1, -0.05) is 18.2 Å². The fraction of sp³-hybridized carbons (Fsp3) is 0.150. The molecule has 0 saturated carbocycles. The summed E-state index contributed by atoms with van der Waals surface area (Å²) >= 11 is 0. The normalized spacial score (nSPS) is 10.3. The van der Waals surface area contributed by atoms with Crippen molar-refractivity contribution in [2.45, 2.75) is 13.1 Å². The van der Waals surface area contributed by atoms with Crippen LogP contribution in [0, 0.1) is 5.82 Å². The van der Waals surface area contributed by atoms with Crippen LogP contribution in [0.15, 0.2) is 67.0 Å². The van der Waals surface area contributed by atoms with Gasteiger partial charge in [-0.25, -0.2) is 14.2 Å². The Balaban J connectivity index is 1.61. The Labute approximate surface area is 156 Å². The number of hydrogen-bond donors (Lipinski definition) is 1. The number of hydrogen-bond acceptors (Lipinski definition) is 4. The van der Waals surface area contributed by atoms with Crippen molar-refractivity contribution in [1.29, 1.82) is 0 Å². The maximum atomic E-state index is 13.3. The van der Waals surface area contributed by atoms with Crippen LogP contribution in [0.3, 0.4) is 0 Å². The summed E-state index contributed by atoms with van der Waals surface area (Å²) in [7, 11) is 1.69. The number of halogens is 1. The third-order valence-corrected chi connectivity index (χ3v) is 3.76. The van der Waals surface area contributed by atoms with Crippen LogP contribution in [-0.2, 0) is 13.1 Å². The minimum atomic E-state index is -0.394. The van der Waals surface area contributed by atoms with Crippen LogP contribution in [0.4, 0.5) is 9.18 Å². The second kappa shape index (κ2) is 8.75. The number of amides is 2. The SMILES string of the molecule is CN(Cc1ccccn1)C(=O)NCc1cccnc1Oc1cccc(F)c1. The Kier molecular flexibility index (Phi) is 5.94. The van der Waals surface area contributed by atoms with E-state index in [0.717, 1.165) is 5.69 Å². The van der Waals surface area contributed by atoms with Crippen molar-refractivity contribution in [2.75, 3.05) is 7.05 Å². The number of benzene rings is 1. The van der Waals surface area contributed by atoms with E-state index in [4.69, 9.17) is 4.74 Å². The van der Waals surface area contributed by atoms with Crippen LogP contribution in [0.2, 0.25) is 0 Å². The molecule has 0 aliphatic carbocycles. The van der Waals surface area contributed by atoms with E-state index < -0.39 is 5.82 Å². The van der Waals surface area contributed by atoms with Gasteiger partial charge in [-0.15, -0.1) is 0 Å². The number of aromatic nitrogens is 2. The Morgan fingerprint density at radius 1 is 1.11 bits per heavy atom. The Morgan fingerprint density at radius 3 is 2.74 bits per heavy atom. The Morgan fingerprint density at radius 2 is 1.96 bits per heavy atom. The molecule has 0 fully saturated rings. The lowest BCUT2D eigenvalue weighted by atomic mass is 10.2. The molecule has 27 heavy (non-hydrogen) atoms. The molecule has 3 aromatic rings. The van der Waals surface area contributed by atoms with Crippen molar-refractivity contribution in [2.24, 2.45) is 0 Å². The molecule has 0 radical (unpaired) electrons. The number of rotatable bonds is 6. The zero-order chi connectivity index (χ0) is 19.1. The lowest BCUT2D eigenvalue weighted by Crippen LogP contribution is -2.36. The number of nitrogens with one attached hydrogen (secondary N) is 1. The molecule has 0 spiro atoms. The topological polar surface area (TPSA) is 67.4 Å². The van der Waals surface area contributed by atoms with E-state index in [2.05, 4.69) is 15.3 Å². The molecule has 138 valence electrons. The summed E-state index contributed by atoms with van der Waals surface area (Å²) in [4.78, 5) is 22.2. The molecule has 7 heteroatoms. The van der Waals surface area contributed by atoms with Crippen molar-refractivity contribution in [3.63, 3.8) is 0 Å². The van der Waals surface area contributed by atoms with Gasteiger partial charge in [-0.3, -0.25) is 4.98 Å². The zero-order valence-corrected chi connectivity index (χ0v) is 14.8. The van der Waals surface area contributed by atoms with Crippen LogP contribution in [0.25, 0.3) is 0 Å². The molecular weight excluding hydrogens is 347 g/mol. The molecule has 0 atom stereocenters. The summed E-state index contributed by atoms with van der Waals surface area (Å²) in [6.45, 7) is 0.621. The monoisotopic (exact) mass is 366 g/mol. The van der Waals surface area contributed by atoms with Crippen LogP contribution >= 0.6 is 0 Å². The molecule has 0 aliphatic heterocycles. The standard InChI is InChI=1S/C20H19FN4O2/c1-25(14-17-8-2-3-10-22-17)20(26)24-13-15-6-5-11-23-19(15)27-18-9-4-7-16(21)12-18/h2-12H,13-14H2,1H3,(H,24,26). The van der Waals surface area contributed by atoms with Gasteiger partial charge >= 0.3 is 6.03 Å². The van der Waals surface area contributed by atoms with Crippen molar-refractivity contribution in [1.82, 2.24) is 20.2 Å². The third kappa shape index (κ3) is 5.24. The maximum absolute atomic E-state index is 13.3. The molecular formula is C20H19FN4O2. The van der Waals surface area contributed by atoms with Gasteiger partial charge in [0.1, 0.15) is 11.6 Å². The highest BCUT2D eigenvalue weighted by Crippen LogP contribution is 2.23. The van der Waals surface area contributed by atoms with Gasteiger partial charge in [0.05, 0.1) is 12.2 Å². The number of ether oxygens (including phenoxy) is 1. The summed E-state index contributed by atoms with van der Waals surface area (Å²) in [5.41, 5.74) is 1.48. The largest absolute Gasteiger partial charge is 0.439 e. The summed E-state index contributed by atoms with van der Waals surface area (Å²) in [5.74, 6) is 0.263. The highest BCUT2D eigenvalue weighted by Gasteiger charge is 2.12. The first-order chi connectivity index (χ1) is 13.1. The third-order valence-electron chi connectivity index (χ3n) is 3.76. The Bertz CT molecular complexity index is 905. The van der Waals surface area contributed by atoms with Gasteiger partial charge in [0.15, 0.2) is 0 Å². The van der Waals surface area contributed by atoms with Crippen LogP contribution < -0.4 is 10.1 Å². The minimum absolute atomic E-state index is 0.226. The second-order valence-electron chi connectivity index (χ2n) is 5.86. The predicted molar refractivity (Wildman–Crippen MR) is 98.7 cm³/mol. The Hall–Kier alpha value is -3.48. The lowest BCUT2D eigenvalue weighted by Gasteiger charge is -2.18. The van der Waals surface area contributed by atoms with Gasteiger partial charge in [-0.2, -0.15) is 0 Å². The van der Waals surface area contributed by atoms with Crippen molar-refractivity contribution >= 4 is 6.03 Å². The van der Waals surface area contributed by atoms with Gasteiger partial charge in [0.2, 0.25) is 5.88 Å². The molecule has 3 rings (SSSR count). The number of carbonyl (C=O) groups is 1. The molecule has 2 amide bonds. The van der Waals surface area contributed by atoms with E-state index in [1.165, 1.54) is 17.0 Å². The smallest absolute Gasteiger partial charge is 0.317 e. The molecule has 1 aromatic carbocycles. The molecule has 1 N–H and O–H groups in total. The number of nitrogens with zero attached hydrogens (tertiary/aromatic N) is 3. The average molecular weight is 366 g/mol. The molecule has 0 saturated heterocycles. The van der Waals surface area contributed by atoms with Crippen molar-refractivity contribution in [3.05, 3.63) is 84.1 Å². The van der Waals surface area contributed by atoms with Crippen LogP contribution in [0.5, 0.6) is 11.6 Å². The van der Waals surface area contributed by atoms with E-state index in [0.29, 0.717) is 23.7 Å². The van der Waals surface area contributed by atoms with Gasteiger partial charge in [0.25, 0.3) is 0 Å². The lowest BCUT2D eigenvalue weighted by molar-refractivity contribution is 0.206. The van der Waals surface area contributed by atoms with E-state index in [9.17, 15) is 9.18 Å². The first kappa shape index (κ1) is 18.3. The average Bonchev–Trinajstić information content (AvgIpc) is 2.68. The van der Waals surface area contributed by atoms with Gasteiger partial charge in [-0.05, 0) is 30.3 Å². The highest BCUT2D eigenvalue weighted by atomic mass is 19.1. The minimum Gasteiger partial charge on any atom is -0.439 e. The van der Waals surface area contributed by atoms with Gasteiger partial charge < -0.3 is 15.0 Å². The first-order valence-electron chi connectivity index (χ1n) is 8.38. The summed E-state index contributed by atoms with van der Waals surface area (Å²) in [6, 6.07) is 14.7. The molecule has 0 bridgehead atoms. The van der Waals surface area contributed by atoms with Crippen LogP contribution in [-0.4, -0.2) is 27.9 Å². The molecule has 6 nitrogen and oxygen atoms in total. The van der Waals surface area contributed by atoms with Gasteiger partial charge in [0, 0.05) is 37.6 Å². The first-order valence-corrected chi connectivity index (χ1v) is 8.38. The van der Waals surface area contributed by atoms with Crippen molar-refractivity contribution < 1.29 is 13.9 Å². The summed E-state index contributed by atoms with van der Waals surface area (Å²) < 4.78 is 19.0. The quantitative estimate of drug-likeness (QED) is 0.721. The predicted octanol–water partition coefficient (Wildman–Crippen LogP) is 3.75. The summed E-state index contributed by atoms with van der Waals surface area (Å²) in [5, 5.41) is 2.82. The van der Waals surface area contributed by atoms with E-state index >= 15 is 0 Å². The molecule has 2 heterocycles. The van der Waals surface area contributed by atoms with E-state index in [-0.39, 0.29) is 12.6 Å². The van der Waals surface area contributed by atoms with E-state index in [1.807, 2.05) is 18.2 Å². The number of urea groups is 1. The summed E-state index contributed by atoms with van der Waals surface area (Å²) in [6.07, 6.45) is 3.26. The molecule has 0 aliphatic rings. The fourth-order valence-corrected chi connectivity index (χ4v) is 2.40. The molecule has 2 aromatic heterocycles. The highest BCUT2D eigenvalue weighted by molar-refractivity contribution is 5.73. The molecule has 0 unspecified atom stereocenters.